The Hall–Kier alpha value is -2.21. The van der Waals surface area contributed by atoms with Crippen LogP contribution in [0.25, 0.3) is 0 Å². The lowest BCUT2D eigenvalue weighted by Crippen LogP contribution is -2.38. The Balaban J connectivity index is 1.61. The smallest absolute Gasteiger partial charge is 0.315 e. The van der Waals surface area contributed by atoms with Crippen LogP contribution < -0.4 is 15.4 Å². The molecule has 3 rings (SSSR count). The maximum absolute atomic E-state index is 13.9. The van der Waals surface area contributed by atoms with Gasteiger partial charge in [0.25, 0.3) is 0 Å². The molecule has 0 aromatic heterocycles. The van der Waals surface area contributed by atoms with Gasteiger partial charge in [-0.15, -0.1) is 11.8 Å². The molecule has 126 valence electrons. The van der Waals surface area contributed by atoms with Gasteiger partial charge < -0.3 is 15.4 Å². The van der Waals surface area contributed by atoms with Crippen molar-refractivity contribution in [2.75, 3.05) is 12.9 Å². The number of methoxy groups -OCH3 is 1. The van der Waals surface area contributed by atoms with Gasteiger partial charge in [-0.1, -0.05) is 24.3 Å². The molecule has 6 heteroatoms. The second-order valence-electron chi connectivity index (χ2n) is 5.53. The lowest BCUT2D eigenvalue weighted by molar-refractivity contribution is 0.236. The van der Waals surface area contributed by atoms with Crippen LogP contribution in [0.15, 0.2) is 47.4 Å². The highest BCUT2D eigenvalue weighted by molar-refractivity contribution is 7.99. The molecule has 1 unspecified atom stereocenters. The molecule has 2 amide bonds. The molecule has 0 fully saturated rings. The number of amides is 2. The van der Waals surface area contributed by atoms with E-state index in [1.807, 2.05) is 30.3 Å². The molecule has 24 heavy (non-hydrogen) atoms. The molecule has 1 aliphatic heterocycles. The van der Waals surface area contributed by atoms with E-state index in [0.29, 0.717) is 11.4 Å². The first kappa shape index (κ1) is 16.6. The highest BCUT2D eigenvalue weighted by atomic mass is 32.2. The maximum Gasteiger partial charge on any atom is 0.315 e. The second-order valence-corrected chi connectivity index (χ2v) is 6.63. The fourth-order valence-electron chi connectivity index (χ4n) is 2.71. The Morgan fingerprint density at radius 2 is 2.17 bits per heavy atom. The van der Waals surface area contributed by atoms with E-state index in [1.54, 1.807) is 13.2 Å². The van der Waals surface area contributed by atoms with Crippen LogP contribution in [0.3, 0.4) is 0 Å². The number of halogens is 1. The van der Waals surface area contributed by atoms with Crippen molar-refractivity contribution < 1.29 is 13.9 Å². The number of urea groups is 1. The van der Waals surface area contributed by atoms with E-state index in [1.165, 1.54) is 17.8 Å². The normalized spacial score (nSPS) is 16.2. The summed E-state index contributed by atoms with van der Waals surface area (Å²) in [6.45, 7) is 0.403. The highest BCUT2D eigenvalue weighted by Gasteiger charge is 2.24. The third kappa shape index (κ3) is 3.82. The quantitative estimate of drug-likeness (QED) is 0.883. The predicted molar refractivity (Wildman–Crippen MR) is 92.8 cm³/mol. The van der Waals surface area contributed by atoms with E-state index in [4.69, 9.17) is 4.74 Å². The topological polar surface area (TPSA) is 50.4 Å². The average molecular weight is 346 g/mol. The first-order chi connectivity index (χ1) is 11.7. The molecule has 1 aliphatic rings. The molecular weight excluding hydrogens is 327 g/mol. The summed E-state index contributed by atoms with van der Waals surface area (Å²) in [6.07, 6.45) is 0.785. The molecule has 4 nitrogen and oxygen atoms in total. The van der Waals surface area contributed by atoms with Crippen molar-refractivity contribution in [3.63, 3.8) is 0 Å². The van der Waals surface area contributed by atoms with Gasteiger partial charge in [0, 0.05) is 17.2 Å². The highest BCUT2D eigenvalue weighted by Crippen LogP contribution is 2.37. The van der Waals surface area contributed by atoms with E-state index >= 15 is 0 Å². The molecule has 1 heterocycles. The van der Waals surface area contributed by atoms with Gasteiger partial charge in [-0.3, -0.25) is 0 Å². The van der Waals surface area contributed by atoms with Crippen molar-refractivity contribution in [3.05, 3.63) is 59.4 Å². The van der Waals surface area contributed by atoms with Crippen LogP contribution in [0.5, 0.6) is 5.75 Å². The van der Waals surface area contributed by atoms with Crippen molar-refractivity contribution in [2.45, 2.75) is 23.9 Å². The van der Waals surface area contributed by atoms with Crippen LogP contribution in [-0.4, -0.2) is 18.9 Å². The number of hydrogen-bond acceptors (Lipinski definition) is 3. The molecule has 0 aliphatic carbocycles. The molecule has 0 saturated carbocycles. The van der Waals surface area contributed by atoms with Gasteiger partial charge in [-0.2, -0.15) is 0 Å². The lowest BCUT2D eigenvalue weighted by atomic mass is 10.0. The zero-order valence-corrected chi connectivity index (χ0v) is 14.2. The monoisotopic (exact) mass is 346 g/mol. The summed E-state index contributed by atoms with van der Waals surface area (Å²) in [6, 6.07) is 12.1. The number of nitrogens with one attached hydrogen (secondary N) is 2. The Morgan fingerprint density at radius 3 is 3.00 bits per heavy atom. The molecule has 2 aromatic rings. The number of carbonyl (C=O) groups is 1. The number of hydrogen-bond donors (Lipinski definition) is 2. The van der Waals surface area contributed by atoms with Gasteiger partial charge in [0.2, 0.25) is 0 Å². The Bertz CT molecular complexity index is 739. The zero-order chi connectivity index (χ0) is 16.9. The Kier molecular flexibility index (Phi) is 5.25. The van der Waals surface area contributed by atoms with E-state index in [9.17, 15) is 9.18 Å². The van der Waals surface area contributed by atoms with Crippen molar-refractivity contribution in [1.29, 1.82) is 0 Å². The van der Waals surface area contributed by atoms with Gasteiger partial charge in [0.15, 0.2) is 0 Å². The Morgan fingerprint density at radius 1 is 1.33 bits per heavy atom. The first-order valence-corrected chi connectivity index (χ1v) is 8.74. The predicted octanol–water partition coefficient (Wildman–Crippen LogP) is 3.87. The van der Waals surface area contributed by atoms with E-state index in [0.717, 1.165) is 29.1 Å². The number of carbonyl (C=O) groups excluding carboxylic acids is 1. The standard InChI is InChI=1S/C18H19FN2O2S/c1-23-13-5-2-4-12(10-13)11-20-18(22)21-16-8-9-24-17-14(16)6-3-7-15(17)19/h2-7,10,16H,8-9,11H2,1H3,(H2,20,21,22). The largest absolute Gasteiger partial charge is 0.497 e. The molecule has 0 spiro atoms. The lowest BCUT2D eigenvalue weighted by Gasteiger charge is -2.26. The summed E-state index contributed by atoms with van der Waals surface area (Å²) in [7, 11) is 1.61. The van der Waals surface area contributed by atoms with Crippen LogP contribution in [0.1, 0.15) is 23.6 Å². The van der Waals surface area contributed by atoms with Gasteiger partial charge in [0.1, 0.15) is 11.6 Å². The van der Waals surface area contributed by atoms with E-state index in [2.05, 4.69) is 10.6 Å². The summed E-state index contributed by atoms with van der Waals surface area (Å²) >= 11 is 1.50. The van der Waals surface area contributed by atoms with Crippen molar-refractivity contribution in [3.8, 4) is 5.75 Å². The molecule has 0 bridgehead atoms. The number of ether oxygens (including phenoxy) is 1. The van der Waals surface area contributed by atoms with E-state index in [-0.39, 0.29) is 17.9 Å². The number of benzene rings is 2. The SMILES string of the molecule is COc1cccc(CNC(=O)NC2CCSc3c(F)cccc32)c1. The van der Waals surface area contributed by atoms with Gasteiger partial charge in [-0.25, -0.2) is 9.18 Å². The molecule has 0 radical (unpaired) electrons. The number of fused-ring (bicyclic) bond motifs is 1. The van der Waals surface area contributed by atoms with Gasteiger partial charge in [-0.05, 0) is 35.7 Å². The van der Waals surface area contributed by atoms with Crippen LogP contribution in [0.2, 0.25) is 0 Å². The second kappa shape index (κ2) is 7.57. The number of thioether (sulfide) groups is 1. The molecule has 1 atom stereocenters. The molecular formula is C18H19FN2O2S. The van der Waals surface area contributed by atoms with Gasteiger partial charge in [0.05, 0.1) is 13.2 Å². The summed E-state index contributed by atoms with van der Waals surface area (Å²) in [5.41, 5.74) is 1.80. The zero-order valence-electron chi connectivity index (χ0n) is 13.3. The van der Waals surface area contributed by atoms with Crippen molar-refractivity contribution >= 4 is 17.8 Å². The summed E-state index contributed by atoms with van der Waals surface area (Å²) in [4.78, 5) is 12.8. The van der Waals surface area contributed by atoms with Crippen LogP contribution in [0, 0.1) is 5.82 Å². The third-order valence-corrected chi connectivity index (χ3v) is 5.08. The first-order valence-electron chi connectivity index (χ1n) is 7.76. The number of rotatable bonds is 4. The Labute approximate surface area is 144 Å². The average Bonchev–Trinajstić information content (AvgIpc) is 2.61. The van der Waals surface area contributed by atoms with Gasteiger partial charge >= 0.3 is 6.03 Å². The summed E-state index contributed by atoms with van der Waals surface area (Å²) in [5.74, 6) is 1.32. The third-order valence-electron chi connectivity index (χ3n) is 3.92. The molecule has 2 N–H and O–H groups in total. The van der Waals surface area contributed by atoms with Crippen molar-refractivity contribution in [2.24, 2.45) is 0 Å². The van der Waals surface area contributed by atoms with Crippen LogP contribution in [-0.2, 0) is 6.54 Å². The van der Waals surface area contributed by atoms with Crippen LogP contribution >= 0.6 is 11.8 Å². The maximum atomic E-state index is 13.9. The van der Waals surface area contributed by atoms with Crippen LogP contribution in [0.4, 0.5) is 9.18 Å². The fraction of sp³-hybridized carbons (Fsp3) is 0.278. The fourth-order valence-corrected chi connectivity index (χ4v) is 3.85. The molecule has 2 aromatic carbocycles. The minimum Gasteiger partial charge on any atom is -0.497 e. The minimum absolute atomic E-state index is 0.165. The van der Waals surface area contributed by atoms with E-state index < -0.39 is 0 Å². The summed E-state index contributed by atoms with van der Waals surface area (Å²) < 4.78 is 19.0. The molecule has 0 saturated heterocycles. The van der Waals surface area contributed by atoms with Crippen molar-refractivity contribution in [1.82, 2.24) is 10.6 Å². The summed E-state index contributed by atoms with van der Waals surface area (Å²) in [5, 5.41) is 5.78. The minimum atomic E-state index is -0.259.